The molecule has 138 valence electrons. The number of hydrogen-bond donors (Lipinski definition) is 4. The van der Waals surface area contributed by atoms with Crippen LogP contribution in [0.3, 0.4) is 0 Å². The highest BCUT2D eigenvalue weighted by atomic mass is 16.3. The number of phenolic OH excluding ortho intramolecular Hbond substituents is 1. The molecule has 3 heterocycles. The van der Waals surface area contributed by atoms with Gasteiger partial charge in [0.15, 0.2) is 0 Å². The first-order valence-electron chi connectivity index (χ1n) is 8.89. The Kier molecular flexibility index (Phi) is 3.65. The van der Waals surface area contributed by atoms with E-state index in [1.165, 1.54) is 0 Å². The van der Waals surface area contributed by atoms with E-state index in [9.17, 15) is 5.11 Å². The Morgan fingerprint density at radius 1 is 0.964 bits per heavy atom. The van der Waals surface area contributed by atoms with Gasteiger partial charge in [-0.1, -0.05) is 0 Å². The molecule has 0 unspecified atom stereocenters. The van der Waals surface area contributed by atoms with E-state index >= 15 is 0 Å². The first-order valence-corrected chi connectivity index (χ1v) is 8.89. The topological polar surface area (TPSA) is 92.9 Å². The van der Waals surface area contributed by atoms with Crippen molar-refractivity contribution in [1.29, 1.82) is 0 Å². The molecule has 0 spiro atoms. The van der Waals surface area contributed by atoms with Crippen LogP contribution in [0.15, 0.2) is 67.1 Å². The molecule has 0 radical (unpaired) electrons. The number of fused-ring (bicyclic) bond motifs is 2. The fraction of sp³-hybridized carbons (Fsp3) is 0.0476. The van der Waals surface area contributed by atoms with Crippen LogP contribution in [-0.4, -0.2) is 32.1 Å². The molecule has 7 heteroatoms. The molecule has 0 aliphatic heterocycles. The van der Waals surface area contributed by atoms with Crippen molar-refractivity contribution in [1.82, 2.24) is 19.9 Å². The summed E-state index contributed by atoms with van der Waals surface area (Å²) in [5.41, 5.74) is 3.62. The average molecular weight is 370 g/mol. The smallest absolute Gasteiger partial charge is 0.229 e. The molecule has 0 amide bonds. The Morgan fingerprint density at radius 2 is 1.79 bits per heavy atom. The normalized spacial score (nSPS) is 11.2. The highest BCUT2D eigenvalue weighted by Gasteiger charge is 2.12. The molecule has 4 N–H and O–H groups in total. The number of H-pyrrole nitrogens is 2. The lowest BCUT2D eigenvalue weighted by Crippen LogP contribution is -2.12. The van der Waals surface area contributed by atoms with Gasteiger partial charge in [-0.05, 0) is 48.5 Å². The molecule has 5 aromatic rings. The molecular weight excluding hydrogens is 352 g/mol. The van der Waals surface area contributed by atoms with Crippen molar-refractivity contribution < 1.29 is 5.11 Å². The van der Waals surface area contributed by atoms with Gasteiger partial charge in [0.05, 0.1) is 5.69 Å². The molecule has 0 saturated carbocycles. The molecule has 28 heavy (non-hydrogen) atoms. The van der Waals surface area contributed by atoms with Crippen molar-refractivity contribution in [2.45, 2.75) is 0 Å². The molecule has 0 saturated heterocycles. The number of rotatable bonds is 4. The van der Waals surface area contributed by atoms with Gasteiger partial charge < -0.3 is 25.3 Å². The first-order chi connectivity index (χ1) is 13.7. The summed E-state index contributed by atoms with van der Waals surface area (Å²) >= 11 is 0. The molecule has 0 bridgehead atoms. The van der Waals surface area contributed by atoms with Crippen molar-refractivity contribution in [2.75, 3.05) is 17.3 Å². The van der Waals surface area contributed by atoms with Crippen LogP contribution in [0.1, 0.15) is 0 Å². The number of aromatic amines is 2. The summed E-state index contributed by atoms with van der Waals surface area (Å²) < 4.78 is 0. The number of nitrogens with zero attached hydrogens (tertiary/aromatic N) is 3. The van der Waals surface area contributed by atoms with Crippen molar-refractivity contribution in [3.63, 3.8) is 0 Å². The third-order valence-corrected chi connectivity index (χ3v) is 4.86. The highest BCUT2D eigenvalue weighted by molar-refractivity contribution is 5.96. The van der Waals surface area contributed by atoms with Gasteiger partial charge in [0.1, 0.15) is 11.6 Å². The van der Waals surface area contributed by atoms with E-state index in [1.807, 2.05) is 60.7 Å². The molecule has 0 atom stereocenters. The van der Waals surface area contributed by atoms with E-state index in [1.54, 1.807) is 12.3 Å². The van der Waals surface area contributed by atoms with Gasteiger partial charge in [-0.15, -0.1) is 0 Å². The molecule has 7 nitrogen and oxygen atoms in total. The summed E-state index contributed by atoms with van der Waals surface area (Å²) in [6.07, 6.45) is 5.46. The van der Waals surface area contributed by atoms with E-state index in [2.05, 4.69) is 31.3 Å². The maximum atomic E-state index is 10.3. The minimum absolute atomic E-state index is 0.146. The van der Waals surface area contributed by atoms with Crippen LogP contribution in [0.4, 0.5) is 23.1 Å². The third kappa shape index (κ3) is 2.69. The summed E-state index contributed by atoms with van der Waals surface area (Å²) in [6, 6.07) is 15.5. The van der Waals surface area contributed by atoms with Crippen LogP contribution in [0.25, 0.3) is 21.8 Å². The Morgan fingerprint density at radius 3 is 2.71 bits per heavy atom. The molecule has 2 aromatic carbocycles. The van der Waals surface area contributed by atoms with Gasteiger partial charge in [0.2, 0.25) is 5.95 Å². The Hall–Kier alpha value is -4.00. The third-order valence-electron chi connectivity index (χ3n) is 4.86. The standard InChI is InChI=1S/C21H18N6O/c1-27(14-2-3-16-13(12-14)6-9-22-16)19-8-11-24-21(25-19)26-20-15-7-10-23-17(15)4-5-18(20)28/h2-12,22-23,28H,1H3,(H,24,25,26). The number of aromatic nitrogens is 4. The van der Waals surface area contributed by atoms with Crippen molar-refractivity contribution >= 4 is 44.9 Å². The molecular formula is C21H18N6O. The molecule has 3 aromatic heterocycles. The van der Waals surface area contributed by atoms with Crippen LogP contribution in [0, 0.1) is 0 Å². The quantitative estimate of drug-likeness (QED) is 0.345. The fourth-order valence-electron chi connectivity index (χ4n) is 3.34. The number of nitrogens with one attached hydrogen (secondary N) is 3. The zero-order valence-electron chi connectivity index (χ0n) is 15.1. The average Bonchev–Trinajstić information content (AvgIpc) is 3.38. The van der Waals surface area contributed by atoms with Gasteiger partial charge >= 0.3 is 0 Å². The maximum absolute atomic E-state index is 10.3. The van der Waals surface area contributed by atoms with E-state index in [0.717, 1.165) is 33.3 Å². The molecule has 0 aliphatic rings. The van der Waals surface area contributed by atoms with Crippen LogP contribution in [0.5, 0.6) is 5.75 Å². The lowest BCUT2D eigenvalue weighted by atomic mass is 10.2. The van der Waals surface area contributed by atoms with Crippen LogP contribution >= 0.6 is 0 Å². The monoisotopic (exact) mass is 370 g/mol. The summed E-state index contributed by atoms with van der Waals surface area (Å²) in [5.74, 6) is 1.30. The van der Waals surface area contributed by atoms with Crippen LogP contribution < -0.4 is 10.2 Å². The Balaban J connectivity index is 1.49. The van der Waals surface area contributed by atoms with Gasteiger partial charge in [0.25, 0.3) is 0 Å². The predicted octanol–water partition coefficient (Wildman–Crippen LogP) is 4.66. The van der Waals surface area contributed by atoms with Gasteiger partial charge in [-0.25, -0.2) is 4.98 Å². The van der Waals surface area contributed by atoms with Crippen molar-refractivity contribution in [3.05, 3.63) is 67.1 Å². The maximum Gasteiger partial charge on any atom is 0.229 e. The second-order valence-electron chi connectivity index (χ2n) is 6.57. The zero-order chi connectivity index (χ0) is 19.1. The Labute approximate surface area is 160 Å². The minimum Gasteiger partial charge on any atom is -0.506 e. The summed E-state index contributed by atoms with van der Waals surface area (Å²) in [5, 5.41) is 15.4. The first kappa shape index (κ1) is 16.2. The lowest BCUT2D eigenvalue weighted by molar-refractivity contribution is 0.478. The second-order valence-corrected chi connectivity index (χ2v) is 6.57. The van der Waals surface area contributed by atoms with E-state index in [4.69, 9.17) is 0 Å². The second kappa shape index (κ2) is 6.31. The van der Waals surface area contributed by atoms with Crippen LogP contribution in [0.2, 0.25) is 0 Å². The fourth-order valence-corrected chi connectivity index (χ4v) is 3.34. The zero-order valence-corrected chi connectivity index (χ0v) is 15.1. The van der Waals surface area contributed by atoms with E-state index < -0.39 is 0 Å². The number of aromatic hydroxyl groups is 1. The number of benzene rings is 2. The van der Waals surface area contributed by atoms with Crippen LogP contribution in [-0.2, 0) is 0 Å². The molecule has 0 fully saturated rings. The summed E-state index contributed by atoms with van der Waals surface area (Å²) in [6.45, 7) is 0. The van der Waals surface area contributed by atoms with Crippen molar-refractivity contribution in [3.8, 4) is 5.75 Å². The van der Waals surface area contributed by atoms with E-state index in [-0.39, 0.29) is 5.75 Å². The summed E-state index contributed by atoms with van der Waals surface area (Å²) in [4.78, 5) is 17.3. The predicted molar refractivity (Wildman–Crippen MR) is 112 cm³/mol. The molecule has 5 rings (SSSR count). The minimum atomic E-state index is 0.146. The van der Waals surface area contributed by atoms with Crippen molar-refractivity contribution in [2.24, 2.45) is 0 Å². The van der Waals surface area contributed by atoms with Gasteiger partial charge in [0, 0.05) is 53.1 Å². The summed E-state index contributed by atoms with van der Waals surface area (Å²) in [7, 11) is 1.96. The lowest BCUT2D eigenvalue weighted by Gasteiger charge is -2.19. The Bertz CT molecular complexity index is 1290. The van der Waals surface area contributed by atoms with E-state index in [0.29, 0.717) is 11.6 Å². The number of anilines is 4. The van der Waals surface area contributed by atoms with Gasteiger partial charge in [-0.3, -0.25) is 0 Å². The number of phenols is 1. The molecule has 0 aliphatic carbocycles. The number of hydrogen-bond acceptors (Lipinski definition) is 5. The SMILES string of the molecule is CN(c1ccc2[nH]ccc2c1)c1ccnc(Nc2c(O)ccc3[nH]ccc23)n1. The largest absolute Gasteiger partial charge is 0.506 e. The van der Waals surface area contributed by atoms with Gasteiger partial charge in [-0.2, -0.15) is 4.98 Å². The highest BCUT2D eigenvalue weighted by Crippen LogP contribution is 2.34.